The molecule has 7 heteroatoms. The fourth-order valence-electron chi connectivity index (χ4n) is 2.00. The van der Waals surface area contributed by atoms with Crippen LogP contribution in [0.3, 0.4) is 0 Å². The average Bonchev–Trinajstić information content (AvgIpc) is 2.55. The number of hydrogen-bond donors (Lipinski definition) is 1. The van der Waals surface area contributed by atoms with Crippen molar-refractivity contribution < 1.29 is 22.4 Å². The molecular formula is C11H18F4N2O. The fraction of sp³-hybridized carbons (Fsp3) is 0.909. The van der Waals surface area contributed by atoms with Crippen molar-refractivity contribution in [2.45, 2.75) is 51.7 Å². The van der Waals surface area contributed by atoms with Gasteiger partial charge in [-0.1, -0.05) is 20.8 Å². The zero-order chi connectivity index (χ0) is 14.1. The highest BCUT2D eigenvalue weighted by Gasteiger charge is 2.48. The molecule has 1 heterocycles. The van der Waals surface area contributed by atoms with Crippen LogP contribution in [0.2, 0.25) is 0 Å². The van der Waals surface area contributed by atoms with Gasteiger partial charge in [0.05, 0.1) is 18.8 Å². The first-order valence-electron chi connectivity index (χ1n) is 5.93. The molecule has 0 bridgehead atoms. The largest absolute Gasteiger partial charge is 0.324 e. The minimum absolute atomic E-state index is 0.0725. The number of carbonyl (C=O) groups excluding carboxylic acids is 1. The van der Waals surface area contributed by atoms with E-state index in [0.717, 1.165) is 4.90 Å². The molecule has 0 radical (unpaired) electrons. The van der Waals surface area contributed by atoms with E-state index in [9.17, 15) is 22.4 Å². The third kappa shape index (κ3) is 2.93. The molecule has 1 saturated heterocycles. The van der Waals surface area contributed by atoms with Gasteiger partial charge in [0.2, 0.25) is 5.91 Å². The molecule has 1 aliphatic rings. The lowest BCUT2D eigenvalue weighted by molar-refractivity contribution is -0.157. The standard InChI is InChI=1S/C11H18F4N2O/c1-4-7-16-8(6(2)3)9(18)17(7)5-11(14,15)10(12)13/h6-8,10,16H,4-5H2,1-3H3. The molecule has 2 unspecified atom stereocenters. The Hall–Kier alpha value is -0.850. The Morgan fingerprint density at radius 3 is 2.33 bits per heavy atom. The summed E-state index contributed by atoms with van der Waals surface area (Å²) in [5, 5.41) is 2.90. The van der Waals surface area contributed by atoms with E-state index in [1.165, 1.54) is 0 Å². The van der Waals surface area contributed by atoms with Crippen LogP contribution in [0.4, 0.5) is 17.6 Å². The van der Waals surface area contributed by atoms with Crippen LogP contribution in [0.15, 0.2) is 0 Å². The van der Waals surface area contributed by atoms with Crippen LogP contribution in [-0.2, 0) is 4.79 Å². The van der Waals surface area contributed by atoms with E-state index in [1.807, 2.05) is 0 Å². The van der Waals surface area contributed by atoms with Crippen molar-refractivity contribution in [2.24, 2.45) is 5.92 Å². The third-order valence-electron chi connectivity index (χ3n) is 3.05. The van der Waals surface area contributed by atoms with Crippen LogP contribution in [0.5, 0.6) is 0 Å². The minimum Gasteiger partial charge on any atom is -0.320 e. The van der Waals surface area contributed by atoms with E-state index >= 15 is 0 Å². The zero-order valence-corrected chi connectivity index (χ0v) is 10.6. The highest BCUT2D eigenvalue weighted by atomic mass is 19.3. The quantitative estimate of drug-likeness (QED) is 0.776. The summed E-state index contributed by atoms with van der Waals surface area (Å²) in [6.45, 7) is 4.02. The van der Waals surface area contributed by atoms with Crippen LogP contribution in [-0.4, -0.2) is 41.9 Å². The van der Waals surface area contributed by atoms with Crippen molar-refractivity contribution in [3.8, 4) is 0 Å². The Labute approximate surface area is 104 Å². The van der Waals surface area contributed by atoms with E-state index in [1.54, 1.807) is 20.8 Å². The Balaban J connectivity index is 2.83. The maximum absolute atomic E-state index is 13.0. The second kappa shape index (κ2) is 5.42. The Morgan fingerprint density at radius 2 is 1.94 bits per heavy atom. The molecule has 0 aromatic rings. The van der Waals surface area contributed by atoms with E-state index in [2.05, 4.69) is 5.32 Å². The zero-order valence-electron chi connectivity index (χ0n) is 10.6. The molecule has 1 N–H and O–H groups in total. The molecule has 1 rings (SSSR count). The van der Waals surface area contributed by atoms with Gasteiger partial charge in [-0.2, -0.15) is 8.78 Å². The highest BCUT2D eigenvalue weighted by molar-refractivity contribution is 5.84. The smallest absolute Gasteiger partial charge is 0.320 e. The normalized spacial score (nSPS) is 25.6. The van der Waals surface area contributed by atoms with Gasteiger partial charge in [0.1, 0.15) is 0 Å². The summed E-state index contributed by atoms with van der Waals surface area (Å²) in [6.07, 6.45) is -3.97. The van der Waals surface area contributed by atoms with Crippen LogP contribution in [0.1, 0.15) is 27.2 Å². The number of amides is 1. The van der Waals surface area contributed by atoms with Gasteiger partial charge in [-0.25, -0.2) is 8.78 Å². The molecule has 0 aliphatic carbocycles. The van der Waals surface area contributed by atoms with Crippen molar-refractivity contribution in [3.63, 3.8) is 0 Å². The van der Waals surface area contributed by atoms with Gasteiger partial charge in [-0.05, 0) is 12.3 Å². The predicted molar refractivity (Wildman–Crippen MR) is 58.5 cm³/mol. The Kier molecular flexibility index (Phi) is 4.58. The van der Waals surface area contributed by atoms with Crippen molar-refractivity contribution in [1.29, 1.82) is 0 Å². The number of alkyl halides is 4. The van der Waals surface area contributed by atoms with Crippen LogP contribution in [0.25, 0.3) is 0 Å². The summed E-state index contributed by atoms with van der Waals surface area (Å²) < 4.78 is 50.4. The van der Waals surface area contributed by atoms with Gasteiger partial charge in [0.25, 0.3) is 0 Å². The van der Waals surface area contributed by atoms with Gasteiger partial charge in [0, 0.05) is 0 Å². The van der Waals surface area contributed by atoms with E-state index < -0.39 is 37.0 Å². The Morgan fingerprint density at radius 1 is 1.39 bits per heavy atom. The lowest BCUT2D eigenvalue weighted by Gasteiger charge is -2.27. The molecular weight excluding hydrogens is 252 g/mol. The van der Waals surface area contributed by atoms with Gasteiger partial charge in [0.15, 0.2) is 0 Å². The SMILES string of the molecule is CCC1NC(C(C)C)C(=O)N1CC(F)(F)C(F)F. The minimum atomic E-state index is -4.17. The molecule has 0 aromatic heterocycles. The maximum Gasteiger partial charge on any atom is 0.324 e. The Bertz CT molecular complexity index is 309. The van der Waals surface area contributed by atoms with E-state index in [-0.39, 0.29) is 5.92 Å². The molecule has 106 valence electrons. The summed E-state index contributed by atoms with van der Waals surface area (Å²) in [5.74, 6) is -4.77. The number of hydrogen-bond acceptors (Lipinski definition) is 2. The number of nitrogens with zero attached hydrogens (tertiary/aromatic N) is 1. The van der Waals surface area contributed by atoms with Crippen molar-refractivity contribution >= 4 is 5.91 Å². The summed E-state index contributed by atoms with van der Waals surface area (Å²) in [5.41, 5.74) is 0. The second-order valence-corrected chi connectivity index (χ2v) is 4.84. The first-order valence-corrected chi connectivity index (χ1v) is 5.93. The molecule has 0 saturated carbocycles. The lowest BCUT2D eigenvalue weighted by atomic mass is 10.1. The highest BCUT2D eigenvalue weighted by Crippen LogP contribution is 2.28. The molecule has 0 aromatic carbocycles. The number of carbonyl (C=O) groups is 1. The van der Waals surface area contributed by atoms with Crippen molar-refractivity contribution in [2.75, 3.05) is 6.54 Å². The number of halogens is 4. The molecule has 1 fully saturated rings. The predicted octanol–water partition coefficient (Wildman–Crippen LogP) is 2.08. The maximum atomic E-state index is 13.0. The second-order valence-electron chi connectivity index (χ2n) is 4.84. The molecule has 3 nitrogen and oxygen atoms in total. The summed E-state index contributed by atoms with van der Waals surface area (Å²) >= 11 is 0. The van der Waals surface area contributed by atoms with Gasteiger partial charge in [-0.15, -0.1) is 0 Å². The van der Waals surface area contributed by atoms with Crippen molar-refractivity contribution in [1.82, 2.24) is 10.2 Å². The van der Waals surface area contributed by atoms with Gasteiger partial charge < -0.3 is 4.90 Å². The fourth-order valence-corrected chi connectivity index (χ4v) is 2.00. The molecule has 1 amide bonds. The molecule has 18 heavy (non-hydrogen) atoms. The topological polar surface area (TPSA) is 32.3 Å². The van der Waals surface area contributed by atoms with Gasteiger partial charge in [-0.3, -0.25) is 10.1 Å². The van der Waals surface area contributed by atoms with Crippen LogP contribution < -0.4 is 5.32 Å². The summed E-state index contributed by atoms with van der Waals surface area (Å²) in [7, 11) is 0. The van der Waals surface area contributed by atoms with E-state index in [4.69, 9.17) is 0 Å². The monoisotopic (exact) mass is 270 g/mol. The van der Waals surface area contributed by atoms with Crippen molar-refractivity contribution in [3.05, 3.63) is 0 Å². The summed E-state index contributed by atoms with van der Waals surface area (Å²) in [4.78, 5) is 12.7. The van der Waals surface area contributed by atoms with Crippen LogP contribution >= 0.6 is 0 Å². The van der Waals surface area contributed by atoms with E-state index in [0.29, 0.717) is 6.42 Å². The first-order chi connectivity index (χ1) is 8.20. The average molecular weight is 270 g/mol. The molecule has 1 aliphatic heterocycles. The van der Waals surface area contributed by atoms with Crippen LogP contribution in [0, 0.1) is 5.92 Å². The lowest BCUT2D eigenvalue weighted by Crippen LogP contribution is -2.47. The molecule has 0 spiro atoms. The first kappa shape index (κ1) is 15.2. The number of nitrogens with one attached hydrogen (secondary N) is 1. The molecule has 2 atom stereocenters. The third-order valence-corrected chi connectivity index (χ3v) is 3.05. The summed E-state index contributed by atoms with van der Waals surface area (Å²) in [6, 6.07) is -0.580. The number of rotatable bonds is 5. The van der Waals surface area contributed by atoms with Gasteiger partial charge >= 0.3 is 12.3 Å².